The molecule has 3 nitrogen and oxygen atoms in total. The van der Waals surface area contributed by atoms with E-state index in [4.69, 9.17) is 0 Å². The maximum atomic E-state index is 11.5. The standard InChI is InChI=1S/C17H13NO2/c19-17(20)14-9-4-8-13(12-6-2-1-3-7-12)16(14)15-10-5-11-18-15/h1-11,18H,(H,19,20). The number of aromatic carboxylic acids is 1. The number of aromatic nitrogens is 1. The first-order chi connectivity index (χ1) is 9.77. The molecule has 3 rings (SSSR count). The predicted molar refractivity (Wildman–Crippen MR) is 78.6 cm³/mol. The third-order valence-electron chi connectivity index (χ3n) is 3.25. The molecular formula is C17H13NO2. The predicted octanol–water partition coefficient (Wildman–Crippen LogP) is 4.05. The molecule has 0 radical (unpaired) electrons. The lowest BCUT2D eigenvalue weighted by molar-refractivity contribution is 0.0697. The minimum atomic E-state index is -0.924. The van der Waals surface area contributed by atoms with Gasteiger partial charge in [0.2, 0.25) is 0 Å². The molecule has 0 fully saturated rings. The zero-order valence-corrected chi connectivity index (χ0v) is 10.7. The first kappa shape index (κ1) is 12.2. The molecule has 0 saturated carbocycles. The maximum absolute atomic E-state index is 11.5. The second-order valence-electron chi connectivity index (χ2n) is 4.48. The van der Waals surface area contributed by atoms with Crippen molar-refractivity contribution in [2.45, 2.75) is 0 Å². The lowest BCUT2D eigenvalue weighted by Crippen LogP contribution is -2.01. The number of hydrogen-bond donors (Lipinski definition) is 2. The van der Waals surface area contributed by atoms with Gasteiger partial charge in [-0.3, -0.25) is 0 Å². The molecule has 20 heavy (non-hydrogen) atoms. The van der Waals surface area contributed by atoms with Crippen molar-refractivity contribution in [2.24, 2.45) is 0 Å². The van der Waals surface area contributed by atoms with E-state index in [9.17, 15) is 9.90 Å². The summed E-state index contributed by atoms with van der Waals surface area (Å²) in [5, 5.41) is 9.42. The van der Waals surface area contributed by atoms with Gasteiger partial charge in [0.25, 0.3) is 0 Å². The largest absolute Gasteiger partial charge is 0.478 e. The summed E-state index contributed by atoms with van der Waals surface area (Å²) in [7, 11) is 0. The highest BCUT2D eigenvalue weighted by Crippen LogP contribution is 2.34. The Morgan fingerprint density at radius 1 is 0.900 bits per heavy atom. The normalized spacial score (nSPS) is 10.4. The van der Waals surface area contributed by atoms with Gasteiger partial charge in [0.05, 0.1) is 5.56 Å². The quantitative estimate of drug-likeness (QED) is 0.749. The summed E-state index contributed by atoms with van der Waals surface area (Å²) in [6.45, 7) is 0. The second kappa shape index (κ2) is 5.05. The van der Waals surface area contributed by atoms with Crippen molar-refractivity contribution in [3.63, 3.8) is 0 Å². The van der Waals surface area contributed by atoms with Crippen LogP contribution < -0.4 is 0 Å². The van der Waals surface area contributed by atoms with Crippen LogP contribution in [0.5, 0.6) is 0 Å². The van der Waals surface area contributed by atoms with E-state index in [1.54, 1.807) is 18.3 Å². The van der Waals surface area contributed by atoms with Crippen molar-refractivity contribution in [3.05, 3.63) is 72.4 Å². The number of aromatic amines is 1. The van der Waals surface area contributed by atoms with Crippen molar-refractivity contribution in [1.29, 1.82) is 0 Å². The molecule has 0 spiro atoms. The van der Waals surface area contributed by atoms with Crippen LogP contribution in [0.2, 0.25) is 0 Å². The molecule has 0 atom stereocenters. The first-order valence-corrected chi connectivity index (χ1v) is 6.33. The van der Waals surface area contributed by atoms with E-state index in [1.807, 2.05) is 48.5 Å². The van der Waals surface area contributed by atoms with Gasteiger partial charge in [-0.15, -0.1) is 0 Å². The number of hydrogen-bond acceptors (Lipinski definition) is 1. The van der Waals surface area contributed by atoms with Gasteiger partial charge in [0.1, 0.15) is 0 Å². The van der Waals surface area contributed by atoms with Crippen molar-refractivity contribution in [1.82, 2.24) is 4.98 Å². The van der Waals surface area contributed by atoms with Crippen molar-refractivity contribution in [2.75, 3.05) is 0 Å². The summed E-state index contributed by atoms with van der Waals surface area (Å²) < 4.78 is 0. The van der Waals surface area contributed by atoms with Crippen LogP contribution in [-0.2, 0) is 0 Å². The van der Waals surface area contributed by atoms with Gasteiger partial charge >= 0.3 is 5.97 Å². The topological polar surface area (TPSA) is 53.1 Å². The van der Waals surface area contributed by atoms with Crippen LogP contribution in [0.15, 0.2) is 66.9 Å². The summed E-state index contributed by atoms with van der Waals surface area (Å²) in [6.07, 6.45) is 1.79. The van der Waals surface area contributed by atoms with E-state index in [0.29, 0.717) is 5.56 Å². The summed E-state index contributed by atoms with van der Waals surface area (Å²) in [6, 6.07) is 18.9. The van der Waals surface area contributed by atoms with Crippen molar-refractivity contribution in [3.8, 4) is 22.4 Å². The second-order valence-corrected chi connectivity index (χ2v) is 4.48. The lowest BCUT2D eigenvalue weighted by Gasteiger charge is -2.12. The Morgan fingerprint density at radius 2 is 1.70 bits per heavy atom. The SMILES string of the molecule is O=C(O)c1cccc(-c2ccccc2)c1-c1ccc[nH]1. The Labute approximate surface area is 116 Å². The number of carbonyl (C=O) groups is 1. The number of carboxylic acid groups (broad SMARTS) is 1. The fourth-order valence-electron chi connectivity index (χ4n) is 2.36. The van der Waals surface area contributed by atoms with Crippen LogP contribution >= 0.6 is 0 Å². The van der Waals surface area contributed by atoms with Gasteiger partial charge in [-0.2, -0.15) is 0 Å². The molecule has 0 unspecified atom stereocenters. The van der Waals surface area contributed by atoms with Gasteiger partial charge in [0, 0.05) is 17.5 Å². The van der Waals surface area contributed by atoms with Crippen LogP contribution in [0.4, 0.5) is 0 Å². The summed E-state index contributed by atoms with van der Waals surface area (Å²) in [5.74, 6) is -0.924. The van der Waals surface area contributed by atoms with Crippen molar-refractivity contribution < 1.29 is 9.90 Å². The van der Waals surface area contributed by atoms with E-state index in [1.165, 1.54) is 0 Å². The Balaban J connectivity index is 2.30. The van der Waals surface area contributed by atoms with Gasteiger partial charge in [0.15, 0.2) is 0 Å². The number of H-pyrrole nitrogens is 1. The van der Waals surface area contributed by atoms with Crippen LogP contribution in [0.25, 0.3) is 22.4 Å². The summed E-state index contributed by atoms with van der Waals surface area (Å²) >= 11 is 0. The minimum absolute atomic E-state index is 0.300. The van der Waals surface area contributed by atoms with E-state index < -0.39 is 5.97 Å². The van der Waals surface area contributed by atoms with E-state index in [0.717, 1.165) is 22.4 Å². The minimum Gasteiger partial charge on any atom is -0.478 e. The molecule has 2 aromatic carbocycles. The zero-order chi connectivity index (χ0) is 13.9. The summed E-state index contributed by atoms with van der Waals surface area (Å²) in [5.41, 5.74) is 3.74. The third-order valence-corrected chi connectivity index (χ3v) is 3.25. The highest BCUT2D eigenvalue weighted by Gasteiger charge is 2.17. The molecule has 0 bridgehead atoms. The van der Waals surface area contributed by atoms with Crippen LogP contribution in [-0.4, -0.2) is 16.1 Å². The average molecular weight is 263 g/mol. The summed E-state index contributed by atoms with van der Waals surface area (Å²) in [4.78, 5) is 14.6. The Kier molecular flexibility index (Phi) is 3.09. The Morgan fingerprint density at radius 3 is 2.35 bits per heavy atom. The van der Waals surface area contributed by atoms with Gasteiger partial charge in [-0.25, -0.2) is 4.79 Å². The van der Waals surface area contributed by atoms with Crippen LogP contribution in [0.3, 0.4) is 0 Å². The molecule has 98 valence electrons. The smallest absolute Gasteiger partial charge is 0.336 e. The van der Waals surface area contributed by atoms with Gasteiger partial charge in [-0.05, 0) is 29.3 Å². The van der Waals surface area contributed by atoms with Crippen LogP contribution in [0.1, 0.15) is 10.4 Å². The van der Waals surface area contributed by atoms with E-state index in [2.05, 4.69) is 4.98 Å². The molecule has 0 saturated heterocycles. The lowest BCUT2D eigenvalue weighted by atomic mass is 9.93. The van der Waals surface area contributed by atoms with Gasteiger partial charge in [-0.1, -0.05) is 42.5 Å². The molecule has 1 heterocycles. The van der Waals surface area contributed by atoms with Gasteiger partial charge < -0.3 is 10.1 Å². The Hall–Kier alpha value is -2.81. The number of carboxylic acids is 1. The number of nitrogens with one attached hydrogen (secondary N) is 1. The molecule has 0 amide bonds. The van der Waals surface area contributed by atoms with Crippen molar-refractivity contribution >= 4 is 5.97 Å². The molecule has 0 aliphatic carbocycles. The fourth-order valence-corrected chi connectivity index (χ4v) is 2.36. The first-order valence-electron chi connectivity index (χ1n) is 6.33. The zero-order valence-electron chi connectivity index (χ0n) is 10.7. The molecule has 3 heteroatoms. The number of rotatable bonds is 3. The number of benzene rings is 2. The van der Waals surface area contributed by atoms with E-state index in [-0.39, 0.29) is 0 Å². The molecule has 2 N–H and O–H groups in total. The van der Waals surface area contributed by atoms with E-state index >= 15 is 0 Å². The molecular weight excluding hydrogens is 250 g/mol. The highest BCUT2D eigenvalue weighted by atomic mass is 16.4. The maximum Gasteiger partial charge on any atom is 0.336 e. The molecule has 0 aliphatic rings. The highest BCUT2D eigenvalue weighted by molar-refractivity contribution is 6.00. The molecule has 3 aromatic rings. The average Bonchev–Trinajstić information content (AvgIpc) is 3.01. The van der Waals surface area contributed by atoms with Crippen LogP contribution in [0, 0.1) is 0 Å². The third kappa shape index (κ3) is 2.10. The fraction of sp³-hybridized carbons (Fsp3) is 0. The molecule has 0 aliphatic heterocycles. The monoisotopic (exact) mass is 263 g/mol. The molecule has 1 aromatic heterocycles. The Bertz CT molecular complexity index is 731.